The number of benzene rings is 2. The molecular formula is C16H11ClO2S. The highest BCUT2D eigenvalue weighted by Gasteiger charge is 2.04. The molecule has 0 unspecified atom stereocenters. The molecular weight excluding hydrogens is 292 g/mol. The largest absolute Gasteiger partial charge is 0.488 e. The smallest absolute Gasteiger partial charge is 0.150 e. The fraction of sp³-hybridized carbons (Fsp3) is 0.0625. The summed E-state index contributed by atoms with van der Waals surface area (Å²) in [6.07, 6.45) is 0.762. The van der Waals surface area contributed by atoms with Crippen LogP contribution in [0.4, 0.5) is 0 Å². The molecule has 0 radical (unpaired) electrons. The van der Waals surface area contributed by atoms with Gasteiger partial charge in [-0.05, 0) is 35.7 Å². The van der Waals surface area contributed by atoms with Crippen LogP contribution in [0, 0.1) is 0 Å². The van der Waals surface area contributed by atoms with Gasteiger partial charge in [-0.3, -0.25) is 4.79 Å². The first-order valence-electron chi connectivity index (χ1n) is 6.10. The van der Waals surface area contributed by atoms with E-state index < -0.39 is 0 Å². The van der Waals surface area contributed by atoms with E-state index in [0.29, 0.717) is 22.9 Å². The van der Waals surface area contributed by atoms with Crippen LogP contribution in [0.1, 0.15) is 15.2 Å². The summed E-state index contributed by atoms with van der Waals surface area (Å²) in [7, 11) is 0. The van der Waals surface area contributed by atoms with Gasteiger partial charge in [0.2, 0.25) is 0 Å². The number of aldehydes is 1. The Kier molecular flexibility index (Phi) is 3.72. The molecule has 0 amide bonds. The quantitative estimate of drug-likeness (QED) is 0.638. The van der Waals surface area contributed by atoms with Gasteiger partial charge in [-0.1, -0.05) is 29.8 Å². The molecule has 3 rings (SSSR count). The van der Waals surface area contributed by atoms with Crippen LogP contribution in [0.15, 0.2) is 48.5 Å². The van der Waals surface area contributed by atoms with Crippen molar-refractivity contribution in [2.24, 2.45) is 0 Å². The molecule has 0 saturated heterocycles. The molecule has 4 heteroatoms. The third-order valence-electron chi connectivity index (χ3n) is 2.89. The van der Waals surface area contributed by atoms with E-state index in [1.54, 1.807) is 29.5 Å². The molecule has 1 aromatic heterocycles. The topological polar surface area (TPSA) is 26.3 Å². The highest BCUT2D eigenvalue weighted by molar-refractivity contribution is 7.19. The van der Waals surface area contributed by atoms with E-state index in [4.69, 9.17) is 16.3 Å². The number of carbonyl (C=O) groups is 1. The molecule has 0 atom stereocenters. The van der Waals surface area contributed by atoms with Gasteiger partial charge in [-0.2, -0.15) is 0 Å². The summed E-state index contributed by atoms with van der Waals surface area (Å²) in [6, 6.07) is 15.3. The Morgan fingerprint density at radius 3 is 2.80 bits per heavy atom. The lowest BCUT2D eigenvalue weighted by atomic mass is 10.2. The van der Waals surface area contributed by atoms with E-state index >= 15 is 0 Å². The SMILES string of the molecule is O=Cc1cc(Cl)cc(OCc2cc3ccccc3s2)c1. The second-order valence-corrected chi connectivity index (χ2v) is 5.98. The van der Waals surface area contributed by atoms with Crippen LogP contribution in [-0.4, -0.2) is 6.29 Å². The first-order valence-corrected chi connectivity index (χ1v) is 7.30. The summed E-state index contributed by atoms with van der Waals surface area (Å²) in [5.74, 6) is 0.608. The second kappa shape index (κ2) is 5.65. The molecule has 0 spiro atoms. The van der Waals surface area contributed by atoms with Crippen LogP contribution >= 0.6 is 22.9 Å². The number of halogens is 1. The molecule has 0 N–H and O–H groups in total. The molecule has 0 bridgehead atoms. The van der Waals surface area contributed by atoms with Gasteiger partial charge in [0.25, 0.3) is 0 Å². The summed E-state index contributed by atoms with van der Waals surface area (Å²) in [5, 5.41) is 1.72. The first-order chi connectivity index (χ1) is 9.74. The molecule has 1 heterocycles. The maximum Gasteiger partial charge on any atom is 0.150 e. The third-order valence-corrected chi connectivity index (χ3v) is 4.20. The van der Waals surface area contributed by atoms with Crippen molar-refractivity contribution >= 4 is 39.3 Å². The summed E-state index contributed by atoms with van der Waals surface area (Å²) in [5.41, 5.74) is 0.517. The standard InChI is InChI=1S/C16H11ClO2S/c17-13-5-11(9-18)6-14(8-13)19-10-15-7-12-3-1-2-4-16(12)20-15/h1-9H,10H2. The lowest BCUT2D eigenvalue weighted by molar-refractivity contribution is 0.112. The molecule has 0 aliphatic heterocycles. The maximum atomic E-state index is 10.8. The van der Waals surface area contributed by atoms with Gasteiger partial charge in [0.15, 0.2) is 0 Å². The van der Waals surface area contributed by atoms with E-state index in [1.165, 1.54) is 10.1 Å². The number of fused-ring (bicyclic) bond motifs is 1. The summed E-state index contributed by atoms with van der Waals surface area (Å²) >= 11 is 7.64. The van der Waals surface area contributed by atoms with Crippen molar-refractivity contribution in [3.05, 3.63) is 64.0 Å². The summed E-state index contributed by atoms with van der Waals surface area (Å²) in [4.78, 5) is 11.9. The molecule has 2 aromatic carbocycles. The Morgan fingerprint density at radius 1 is 1.15 bits per heavy atom. The number of hydrogen-bond acceptors (Lipinski definition) is 3. The van der Waals surface area contributed by atoms with E-state index in [-0.39, 0.29) is 0 Å². The van der Waals surface area contributed by atoms with Crippen LogP contribution in [0.5, 0.6) is 5.75 Å². The zero-order valence-corrected chi connectivity index (χ0v) is 12.1. The average Bonchev–Trinajstić information content (AvgIpc) is 2.87. The molecule has 3 aromatic rings. The van der Waals surface area contributed by atoms with Gasteiger partial charge in [0.05, 0.1) is 0 Å². The Bertz CT molecular complexity index is 731. The van der Waals surface area contributed by atoms with Crippen molar-refractivity contribution in [1.82, 2.24) is 0 Å². The van der Waals surface area contributed by atoms with Crippen molar-refractivity contribution in [2.75, 3.05) is 0 Å². The van der Waals surface area contributed by atoms with Crippen molar-refractivity contribution in [3.8, 4) is 5.75 Å². The molecule has 0 saturated carbocycles. The summed E-state index contributed by atoms with van der Waals surface area (Å²) in [6.45, 7) is 0.470. The molecule has 100 valence electrons. The number of ether oxygens (including phenoxy) is 1. The van der Waals surface area contributed by atoms with Crippen LogP contribution in [0.25, 0.3) is 10.1 Å². The Morgan fingerprint density at radius 2 is 2.00 bits per heavy atom. The van der Waals surface area contributed by atoms with Crippen LogP contribution in [0.2, 0.25) is 5.02 Å². The second-order valence-electron chi connectivity index (χ2n) is 4.38. The third kappa shape index (κ3) is 2.84. The van der Waals surface area contributed by atoms with Crippen LogP contribution in [0.3, 0.4) is 0 Å². The van der Waals surface area contributed by atoms with E-state index in [1.807, 2.05) is 12.1 Å². The molecule has 20 heavy (non-hydrogen) atoms. The highest BCUT2D eigenvalue weighted by atomic mass is 35.5. The highest BCUT2D eigenvalue weighted by Crippen LogP contribution is 2.27. The minimum atomic E-state index is 0.470. The van der Waals surface area contributed by atoms with Crippen LogP contribution in [-0.2, 0) is 6.61 Å². The van der Waals surface area contributed by atoms with E-state index in [9.17, 15) is 4.79 Å². The summed E-state index contributed by atoms with van der Waals surface area (Å²) < 4.78 is 6.95. The monoisotopic (exact) mass is 302 g/mol. The average molecular weight is 303 g/mol. The van der Waals surface area contributed by atoms with Gasteiger partial charge in [-0.25, -0.2) is 0 Å². The minimum Gasteiger partial charge on any atom is -0.488 e. The number of thiophene rings is 1. The van der Waals surface area contributed by atoms with Gasteiger partial charge in [0, 0.05) is 20.2 Å². The Hall–Kier alpha value is -1.84. The van der Waals surface area contributed by atoms with Gasteiger partial charge < -0.3 is 4.74 Å². The molecule has 0 fully saturated rings. The minimum absolute atomic E-state index is 0.470. The van der Waals surface area contributed by atoms with E-state index in [2.05, 4.69) is 18.2 Å². The molecule has 0 aliphatic carbocycles. The van der Waals surface area contributed by atoms with Crippen molar-refractivity contribution in [3.63, 3.8) is 0 Å². The number of hydrogen-bond donors (Lipinski definition) is 0. The van der Waals surface area contributed by atoms with E-state index in [0.717, 1.165) is 11.2 Å². The zero-order valence-electron chi connectivity index (χ0n) is 10.5. The predicted octanol–water partition coefficient (Wildman–Crippen LogP) is 4.95. The van der Waals surface area contributed by atoms with Gasteiger partial charge in [0.1, 0.15) is 18.6 Å². The van der Waals surface area contributed by atoms with Gasteiger partial charge in [-0.15, -0.1) is 11.3 Å². The van der Waals surface area contributed by atoms with Gasteiger partial charge >= 0.3 is 0 Å². The lowest BCUT2D eigenvalue weighted by Crippen LogP contribution is -1.93. The van der Waals surface area contributed by atoms with Crippen molar-refractivity contribution in [2.45, 2.75) is 6.61 Å². The predicted molar refractivity (Wildman–Crippen MR) is 83.0 cm³/mol. The Balaban J connectivity index is 1.78. The maximum absolute atomic E-state index is 10.8. The van der Waals surface area contributed by atoms with Crippen molar-refractivity contribution in [1.29, 1.82) is 0 Å². The Labute approximate surface area is 125 Å². The number of rotatable bonds is 4. The van der Waals surface area contributed by atoms with Crippen LogP contribution < -0.4 is 4.74 Å². The first kappa shape index (κ1) is 13.2. The normalized spacial score (nSPS) is 10.7. The van der Waals surface area contributed by atoms with Crippen molar-refractivity contribution < 1.29 is 9.53 Å². The fourth-order valence-electron chi connectivity index (χ4n) is 2.00. The lowest BCUT2D eigenvalue weighted by Gasteiger charge is -2.05. The fourth-order valence-corrected chi connectivity index (χ4v) is 3.21. The zero-order chi connectivity index (χ0) is 13.9. The molecule has 2 nitrogen and oxygen atoms in total. The molecule has 0 aliphatic rings. The number of carbonyl (C=O) groups excluding carboxylic acids is 1.